The van der Waals surface area contributed by atoms with Gasteiger partial charge < -0.3 is 4.74 Å². The van der Waals surface area contributed by atoms with Gasteiger partial charge in [0.1, 0.15) is 5.78 Å². The molecule has 2 heterocycles. The molecule has 116 valence electrons. The molecule has 6 aliphatic rings. The fourth-order valence-corrected chi connectivity index (χ4v) is 7.47. The minimum Gasteiger partial charge on any atom is -0.370 e. The highest BCUT2D eigenvalue weighted by Gasteiger charge is 2.71. The summed E-state index contributed by atoms with van der Waals surface area (Å²) in [5, 5.41) is 0. The lowest BCUT2D eigenvalue weighted by molar-refractivity contribution is -0.358. The maximum atomic E-state index is 12.0. The number of hydrogen-bond acceptors (Lipinski definition) is 2. The van der Waals surface area contributed by atoms with Crippen LogP contribution in [0.2, 0.25) is 0 Å². The van der Waals surface area contributed by atoms with E-state index in [-0.39, 0.29) is 11.0 Å². The molecule has 2 nitrogen and oxygen atoms in total. The lowest BCUT2D eigenvalue weighted by Gasteiger charge is -2.72. The molecule has 0 amide bonds. The van der Waals surface area contributed by atoms with Gasteiger partial charge in [-0.05, 0) is 61.7 Å². The molecule has 21 heavy (non-hydrogen) atoms. The first kappa shape index (κ1) is 13.1. The zero-order valence-electron chi connectivity index (χ0n) is 13.4. The Bertz CT molecular complexity index is 492. The number of ether oxygens (including phenoxy) is 1. The Hall–Kier alpha value is -0.370. The van der Waals surface area contributed by atoms with Gasteiger partial charge in [0.25, 0.3) is 0 Å². The fraction of sp³-hybridized carbons (Fsp3) is 0.947. The SMILES string of the molecule is CC1CC2CCC3C(C4CC5(CC(=O)CCC35C)O4)C2C1. The van der Waals surface area contributed by atoms with Gasteiger partial charge in [0, 0.05) is 24.7 Å². The van der Waals surface area contributed by atoms with Crippen molar-refractivity contribution >= 4 is 5.78 Å². The molecule has 0 radical (unpaired) electrons. The van der Waals surface area contributed by atoms with Crippen molar-refractivity contribution in [2.24, 2.45) is 35.0 Å². The summed E-state index contributed by atoms with van der Waals surface area (Å²) in [6.07, 6.45) is 10.0. The van der Waals surface area contributed by atoms with Gasteiger partial charge in [0.05, 0.1) is 11.7 Å². The summed E-state index contributed by atoms with van der Waals surface area (Å²) in [4.78, 5) is 12.0. The third-order valence-corrected chi connectivity index (χ3v) is 8.39. The normalized spacial score (nSPS) is 61.5. The third kappa shape index (κ3) is 1.46. The van der Waals surface area contributed by atoms with Crippen molar-refractivity contribution in [2.75, 3.05) is 0 Å². The number of carbonyl (C=O) groups is 1. The molecular weight excluding hydrogens is 260 g/mol. The van der Waals surface area contributed by atoms with Crippen LogP contribution in [0.15, 0.2) is 0 Å². The summed E-state index contributed by atoms with van der Waals surface area (Å²) in [5.41, 5.74) is 0.238. The van der Waals surface area contributed by atoms with E-state index >= 15 is 0 Å². The molecule has 2 heteroatoms. The Morgan fingerprint density at radius 2 is 2.05 bits per heavy atom. The molecule has 2 aliphatic heterocycles. The second-order valence-corrected chi connectivity index (χ2v) is 9.25. The lowest BCUT2D eigenvalue weighted by atomic mass is 9.42. The minimum atomic E-state index is -0.0504. The molecule has 0 aromatic carbocycles. The molecule has 4 saturated carbocycles. The maximum Gasteiger partial charge on any atom is 0.135 e. The van der Waals surface area contributed by atoms with Crippen LogP contribution >= 0.6 is 0 Å². The van der Waals surface area contributed by atoms with E-state index in [1.54, 1.807) is 0 Å². The van der Waals surface area contributed by atoms with Crippen LogP contribution in [-0.2, 0) is 9.53 Å². The number of carbonyl (C=O) groups excluding carboxylic acids is 1. The van der Waals surface area contributed by atoms with Crippen molar-refractivity contribution in [1.29, 1.82) is 0 Å². The van der Waals surface area contributed by atoms with Crippen LogP contribution in [0.25, 0.3) is 0 Å². The Kier molecular flexibility index (Phi) is 2.45. The van der Waals surface area contributed by atoms with Crippen LogP contribution in [0.1, 0.15) is 65.2 Å². The van der Waals surface area contributed by atoms with E-state index in [2.05, 4.69) is 13.8 Å². The average Bonchev–Trinajstić information content (AvgIpc) is 2.78. The van der Waals surface area contributed by atoms with Gasteiger partial charge in [0.15, 0.2) is 0 Å². The summed E-state index contributed by atoms with van der Waals surface area (Å²) in [6.45, 7) is 4.92. The quantitative estimate of drug-likeness (QED) is 0.674. The number of rotatable bonds is 0. The smallest absolute Gasteiger partial charge is 0.135 e. The number of ketones is 1. The second kappa shape index (κ2) is 3.93. The summed E-state index contributed by atoms with van der Waals surface area (Å²) < 4.78 is 6.53. The predicted octanol–water partition coefficient (Wildman–Crippen LogP) is 3.98. The molecule has 1 spiro atoms. The molecule has 0 aromatic rings. The topological polar surface area (TPSA) is 26.3 Å². The van der Waals surface area contributed by atoms with Gasteiger partial charge in [-0.3, -0.25) is 4.79 Å². The highest BCUT2D eigenvalue weighted by Crippen LogP contribution is 2.70. The first-order valence-electron chi connectivity index (χ1n) is 9.22. The molecule has 6 rings (SSSR count). The molecular formula is C19H28O2. The van der Waals surface area contributed by atoms with Crippen LogP contribution in [-0.4, -0.2) is 17.5 Å². The largest absolute Gasteiger partial charge is 0.370 e. The van der Waals surface area contributed by atoms with Crippen molar-refractivity contribution in [3.63, 3.8) is 0 Å². The van der Waals surface area contributed by atoms with Crippen LogP contribution < -0.4 is 0 Å². The Morgan fingerprint density at radius 3 is 2.86 bits per heavy atom. The molecule has 2 saturated heterocycles. The van der Waals surface area contributed by atoms with Gasteiger partial charge in [-0.2, -0.15) is 0 Å². The van der Waals surface area contributed by atoms with Gasteiger partial charge in [-0.1, -0.05) is 13.8 Å². The van der Waals surface area contributed by atoms with Crippen LogP contribution in [0.3, 0.4) is 0 Å². The second-order valence-electron chi connectivity index (χ2n) is 9.25. The number of Topliss-reactive ketones (excluding diaryl/α,β-unsaturated/α-hetero) is 1. The summed E-state index contributed by atoms with van der Waals surface area (Å²) in [6, 6.07) is 0. The highest BCUT2D eigenvalue weighted by atomic mass is 16.5. The zero-order chi connectivity index (χ0) is 14.4. The van der Waals surface area contributed by atoms with E-state index in [0.717, 1.165) is 42.4 Å². The molecule has 8 unspecified atom stereocenters. The van der Waals surface area contributed by atoms with Crippen molar-refractivity contribution in [3.8, 4) is 0 Å². The maximum absolute atomic E-state index is 12.0. The standard InChI is InChI=1S/C19H28O2/c1-11-7-12-3-4-15-17(14(12)8-11)16-10-19(21-16)9-13(20)5-6-18(15,19)2/h11-12,14-17H,3-10H2,1-2H3. The first-order valence-corrected chi connectivity index (χ1v) is 9.22. The Morgan fingerprint density at radius 1 is 1.24 bits per heavy atom. The zero-order valence-corrected chi connectivity index (χ0v) is 13.4. The third-order valence-electron chi connectivity index (χ3n) is 8.39. The summed E-state index contributed by atoms with van der Waals surface area (Å²) in [7, 11) is 0. The molecule has 8 atom stereocenters. The highest BCUT2D eigenvalue weighted by molar-refractivity contribution is 5.81. The molecule has 4 aliphatic carbocycles. The monoisotopic (exact) mass is 288 g/mol. The van der Waals surface area contributed by atoms with E-state index in [9.17, 15) is 4.79 Å². The number of hydrogen-bond donors (Lipinski definition) is 0. The van der Waals surface area contributed by atoms with Gasteiger partial charge in [-0.15, -0.1) is 0 Å². The van der Waals surface area contributed by atoms with Crippen molar-refractivity contribution in [3.05, 3.63) is 0 Å². The van der Waals surface area contributed by atoms with Gasteiger partial charge >= 0.3 is 0 Å². The van der Waals surface area contributed by atoms with Crippen LogP contribution in [0, 0.1) is 35.0 Å². The fourth-order valence-electron chi connectivity index (χ4n) is 7.47. The predicted molar refractivity (Wildman–Crippen MR) is 80.8 cm³/mol. The van der Waals surface area contributed by atoms with Gasteiger partial charge in [-0.25, -0.2) is 0 Å². The first-order chi connectivity index (χ1) is 10.0. The summed E-state index contributed by atoms with van der Waals surface area (Å²) >= 11 is 0. The molecule has 6 fully saturated rings. The molecule has 0 N–H and O–H groups in total. The van der Waals surface area contributed by atoms with Crippen molar-refractivity contribution in [2.45, 2.75) is 76.9 Å². The summed E-state index contributed by atoms with van der Waals surface area (Å²) in [5.74, 6) is 4.93. The van der Waals surface area contributed by atoms with E-state index in [4.69, 9.17) is 4.74 Å². The lowest BCUT2D eigenvalue weighted by Crippen LogP contribution is -2.74. The van der Waals surface area contributed by atoms with Crippen LogP contribution in [0.4, 0.5) is 0 Å². The average molecular weight is 288 g/mol. The Labute approximate surface area is 128 Å². The molecule has 2 bridgehead atoms. The van der Waals surface area contributed by atoms with E-state index in [0.29, 0.717) is 18.3 Å². The number of fused-ring (bicyclic) bond motifs is 1. The molecule has 0 aromatic heterocycles. The van der Waals surface area contributed by atoms with Crippen molar-refractivity contribution in [1.82, 2.24) is 0 Å². The van der Waals surface area contributed by atoms with Crippen molar-refractivity contribution < 1.29 is 9.53 Å². The van der Waals surface area contributed by atoms with E-state index < -0.39 is 0 Å². The van der Waals surface area contributed by atoms with E-state index in [1.165, 1.54) is 32.1 Å². The van der Waals surface area contributed by atoms with Crippen LogP contribution in [0.5, 0.6) is 0 Å². The minimum absolute atomic E-state index is 0.0504. The Balaban J connectivity index is 1.52. The van der Waals surface area contributed by atoms with E-state index in [1.807, 2.05) is 0 Å². The van der Waals surface area contributed by atoms with Gasteiger partial charge in [0.2, 0.25) is 0 Å².